The van der Waals surface area contributed by atoms with E-state index in [0.29, 0.717) is 34.1 Å². The molecule has 10 heteroatoms. The number of aromatic nitrogens is 5. The summed E-state index contributed by atoms with van der Waals surface area (Å²) in [5, 5.41) is 13.0. The monoisotopic (exact) mass is 483 g/mol. The summed E-state index contributed by atoms with van der Waals surface area (Å²) in [4.78, 5) is 4.50. The molecule has 0 N–H and O–H groups in total. The first-order chi connectivity index (χ1) is 16.6. The minimum absolute atomic E-state index is 0.102. The van der Waals surface area contributed by atoms with E-state index in [1.165, 1.54) is 17.8 Å². The van der Waals surface area contributed by atoms with Crippen molar-refractivity contribution in [2.24, 2.45) is 0 Å². The Hall–Kier alpha value is -3.40. The van der Waals surface area contributed by atoms with Gasteiger partial charge in [0.2, 0.25) is 5.89 Å². The zero-order valence-corrected chi connectivity index (χ0v) is 20.1. The third kappa shape index (κ3) is 5.56. The van der Waals surface area contributed by atoms with Gasteiger partial charge in [-0.15, -0.1) is 10.2 Å². The molecule has 0 amide bonds. The Bertz CT molecular complexity index is 1210. The summed E-state index contributed by atoms with van der Waals surface area (Å²) < 4.78 is 32.9. The fraction of sp³-hybridized carbons (Fsp3) is 0.333. The van der Waals surface area contributed by atoms with Crippen molar-refractivity contribution in [3.05, 3.63) is 71.9 Å². The Morgan fingerprint density at radius 3 is 2.59 bits per heavy atom. The first-order valence-corrected chi connectivity index (χ1v) is 11.9. The number of hydrogen-bond acceptors (Lipinski definition) is 8. The van der Waals surface area contributed by atoms with Crippen LogP contribution in [0, 0.1) is 5.82 Å². The van der Waals surface area contributed by atoms with Crippen LogP contribution in [0.3, 0.4) is 0 Å². The summed E-state index contributed by atoms with van der Waals surface area (Å²) >= 11 is 1.37. The Balaban J connectivity index is 1.57. The van der Waals surface area contributed by atoms with Crippen LogP contribution in [0.2, 0.25) is 0 Å². The van der Waals surface area contributed by atoms with Crippen LogP contribution in [-0.4, -0.2) is 32.0 Å². The summed E-state index contributed by atoms with van der Waals surface area (Å²) in [5.74, 6) is 2.63. The van der Waals surface area contributed by atoms with Crippen LogP contribution < -0.4 is 9.47 Å². The molecule has 8 nitrogen and oxygen atoms in total. The van der Waals surface area contributed by atoms with Gasteiger partial charge in [0.25, 0.3) is 0 Å². The van der Waals surface area contributed by atoms with E-state index in [1.807, 2.05) is 6.92 Å². The predicted molar refractivity (Wildman–Crippen MR) is 126 cm³/mol. The van der Waals surface area contributed by atoms with Crippen molar-refractivity contribution in [2.45, 2.75) is 50.1 Å². The highest BCUT2D eigenvalue weighted by Crippen LogP contribution is 2.35. The highest BCUT2D eigenvalue weighted by molar-refractivity contribution is 7.99. The number of methoxy groups -OCH3 is 1. The maximum absolute atomic E-state index is 14.8. The second-order valence-corrected chi connectivity index (χ2v) is 8.87. The SMILES string of the molecule is CCCCc1noc(C(C)Sc2nnc(COc3ccc(OC)cc3)n2-c2ccccc2F)n1. The minimum Gasteiger partial charge on any atom is -0.497 e. The third-order valence-electron chi connectivity index (χ3n) is 5.09. The largest absolute Gasteiger partial charge is 0.497 e. The fourth-order valence-electron chi connectivity index (χ4n) is 3.24. The van der Waals surface area contributed by atoms with E-state index in [-0.39, 0.29) is 17.7 Å². The first-order valence-electron chi connectivity index (χ1n) is 11.0. The van der Waals surface area contributed by atoms with Gasteiger partial charge in [-0.3, -0.25) is 4.57 Å². The molecule has 0 bridgehead atoms. The molecule has 4 aromatic rings. The number of rotatable bonds is 11. The van der Waals surface area contributed by atoms with Crippen LogP contribution >= 0.6 is 11.8 Å². The summed E-state index contributed by atoms with van der Waals surface area (Å²) in [6.07, 6.45) is 2.83. The quantitative estimate of drug-likeness (QED) is 0.256. The molecule has 2 aromatic carbocycles. The predicted octanol–water partition coefficient (Wildman–Crippen LogP) is 5.57. The van der Waals surface area contributed by atoms with Gasteiger partial charge in [0.05, 0.1) is 18.0 Å². The average Bonchev–Trinajstić information content (AvgIpc) is 3.49. The summed E-state index contributed by atoms with van der Waals surface area (Å²) in [6.45, 7) is 4.16. The van der Waals surface area contributed by atoms with Crippen molar-refractivity contribution < 1.29 is 18.4 Å². The van der Waals surface area contributed by atoms with Gasteiger partial charge < -0.3 is 14.0 Å². The Morgan fingerprint density at radius 1 is 1.09 bits per heavy atom. The topological polar surface area (TPSA) is 88.1 Å². The van der Waals surface area contributed by atoms with E-state index in [0.717, 1.165) is 25.0 Å². The highest BCUT2D eigenvalue weighted by atomic mass is 32.2. The zero-order chi connectivity index (χ0) is 23.9. The normalized spacial score (nSPS) is 12.0. The number of ether oxygens (including phenoxy) is 2. The van der Waals surface area contributed by atoms with Crippen LogP contribution in [0.4, 0.5) is 4.39 Å². The number of halogens is 1. The second-order valence-electron chi connectivity index (χ2n) is 7.56. The summed E-state index contributed by atoms with van der Waals surface area (Å²) in [5.41, 5.74) is 0.338. The van der Waals surface area contributed by atoms with Crippen molar-refractivity contribution in [2.75, 3.05) is 7.11 Å². The van der Waals surface area contributed by atoms with Crippen LogP contribution in [0.15, 0.2) is 58.2 Å². The minimum atomic E-state index is -0.387. The number of nitrogens with zero attached hydrogens (tertiary/aromatic N) is 5. The fourth-order valence-corrected chi connectivity index (χ4v) is 4.15. The summed E-state index contributed by atoms with van der Waals surface area (Å²) in [6, 6.07) is 13.7. The van der Waals surface area contributed by atoms with E-state index in [4.69, 9.17) is 14.0 Å². The van der Waals surface area contributed by atoms with E-state index < -0.39 is 0 Å². The van der Waals surface area contributed by atoms with Crippen molar-refractivity contribution in [3.8, 4) is 17.2 Å². The Kier molecular flexibility index (Phi) is 7.79. The molecule has 0 saturated heterocycles. The third-order valence-corrected chi connectivity index (χ3v) is 6.12. The number of hydrogen-bond donors (Lipinski definition) is 0. The average molecular weight is 484 g/mol. The van der Waals surface area contributed by atoms with Crippen molar-refractivity contribution >= 4 is 11.8 Å². The lowest BCUT2D eigenvalue weighted by Gasteiger charge is -2.13. The molecule has 0 spiro atoms. The molecule has 0 saturated carbocycles. The molecule has 0 radical (unpaired) electrons. The highest BCUT2D eigenvalue weighted by Gasteiger charge is 2.23. The number of unbranched alkanes of at least 4 members (excludes halogenated alkanes) is 1. The van der Waals surface area contributed by atoms with E-state index in [2.05, 4.69) is 27.3 Å². The standard InChI is InChI=1S/C24H26FN5O3S/c1-4-5-10-21-26-23(33-29-21)16(2)34-24-28-27-22(30(24)20-9-7-6-8-19(20)25)15-32-18-13-11-17(31-3)12-14-18/h6-9,11-14,16H,4-5,10,15H2,1-3H3. The smallest absolute Gasteiger partial charge is 0.239 e. The maximum atomic E-state index is 14.8. The number of thioether (sulfide) groups is 1. The number of aryl methyl sites for hydroxylation is 1. The van der Waals surface area contributed by atoms with E-state index in [9.17, 15) is 4.39 Å². The Morgan fingerprint density at radius 2 is 1.85 bits per heavy atom. The van der Waals surface area contributed by atoms with Crippen LogP contribution in [-0.2, 0) is 13.0 Å². The van der Waals surface area contributed by atoms with Gasteiger partial charge >= 0.3 is 0 Å². The van der Waals surface area contributed by atoms with Crippen molar-refractivity contribution in [3.63, 3.8) is 0 Å². The molecule has 0 aliphatic rings. The maximum Gasteiger partial charge on any atom is 0.239 e. The number of para-hydroxylation sites is 1. The van der Waals surface area contributed by atoms with Gasteiger partial charge in [-0.1, -0.05) is 42.4 Å². The molecule has 0 aliphatic heterocycles. The number of benzene rings is 2. The molecule has 2 heterocycles. The lowest BCUT2D eigenvalue weighted by molar-refractivity contribution is 0.292. The van der Waals surface area contributed by atoms with E-state index >= 15 is 0 Å². The van der Waals surface area contributed by atoms with Gasteiger partial charge in [-0.25, -0.2) is 4.39 Å². The molecular formula is C24H26FN5O3S. The summed E-state index contributed by atoms with van der Waals surface area (Å²) in [7, 11) is 1.60. The molecule has 1 unspecified atom stereocenters. The van der Waals surface area contributed by atoms with Crippen LogP contribution in [0.5, 0.6) is 11.5 Å². The lowest BCUT2D eigenvalue weighted by atomic mass is 10.2. The van der Waals surface area contributed by atoms with Gasteiger partial charge in [-0.05, 0) is 49.7 Å². The molecule has 1 atom stereocenters. The van der Waals surface area contributed by atoms with Gasteiger partial charge in [-0.2, -0.15) is 4.98 Å². The molecule has 178 valence electrons. The van der Waals surface area contributed by atoms with Crippen LogP contribution in [0.1, 0.15) is 49.5 Å². The van der Waals surface area contributed by atoms with E-state index in [1.54, 1.807) is 54.1 Å². The first kappa shape index (κ1) is 23.7. The Labute approximate surface area is 201 Å². The van der Waals surface area contributed by atoms with Crippen molar-refractivity contribution in [1.82, 2.24) is 24.9 Å². The lowest BCUT2D eigenvalue weighted by Crippen LogP contribution is -2.08. The molecule has 2 aromatic heterocycles. The van der Waals surface area contributed by atoms with Crippen LogP contribution in [0.25, 0.3) is 5.69 Å². The van der Waals surface area contributed by atoms with Gasteiger partial charge in [0, 0.05) is 6.42 Å². The molecule has 4 rings (SSSR count). The molecule has 0 fully saturated rings. The second kappa shape index (κ2) is 11.1. The molecule has 0 aliphatic carbocycles. The van der Waals surface area contributed by atoms with Crippen molar-refractivity contribution in [1.29, 1.82) is 0 Å². The molecule has 34 heavy (non-hydrogen) atoms. The zero-order valence-electron chi connectivity index (χ0n) is 19.3. The van der Waals surface area contributed by atoms with Gasteiger partial charge in [0.15, 0.2) is 16.8 Å². The van der Waals surface area contributed by atoms with Gasteiger partial charge in [0.1, 0.15) is 23.9 Å². The molecular weight excluding hydrogens is 457 g/mol.